The zero-order valence-electron chi connectivity index (χ0n) is 16.5. The highest BCUT2D eigenvalue weighted by Gasteiger charge is 2.32. The van der Waals surface area contributed by atoms with Crippen LogP contribution in [0.1, 0.15) is 39.2 Å². The lowest BCUT2D eigenvalue weighted by Gasteiger charge is -2.33. The van der Waals surface area contributed by atoms with Crippen molar-refractivity contribution >= 4 is 0 Å². The van der Waals surface area contributed by atoms with Gasteiger partial charge < -0.3 is 19.5 Å². The Morgan fingerprint density at radius 3 is 2.81 bits per heavy atom. The summed E-state index contributed by atoms with van der Waals surface area (Å²) in [5.41, 5.74) is 1.21. The molecule has 1 unspecified atom stereocenters. The molecule has 1 heterocycles. The summed E-state index contributed by atoms with van der Waals surface area (Å²) in [6.45, 7) is 12.4. The Bertz CT molecular complexity index is 560. The highest BCUT2D eigenvalue weighted by molar-refractivity contribution is 5.43. The molecule has 5 nitrogen and oxygen atoms in total. The van der Waals surface area contributed by atoms with Crippen molar-refractivity contribution in [2.75, 3.05) is 39.5 Å². The molecule has 0 aromatic heterocycles. The molecule has 0 spiro atoms. The predicted octanol–water partition coefficient (Wildman–Crippen LogP) is 3.07. The minimum Gasteiger partial charge on any atom is -0.490 e. The second-order valence-electron chi connectivity index (χ2n) is 7.77. The molecule has 1 aromatic rings. The van der Waals surface area contributed by atoms with Gasteiger partial charge >= 0.3 is 0 Å². The topological polar surface area (TPSA) is 43.0 Å². The molecular formula is C21H34N2O3. The van der Waals surface area contributed by atoms with Crippen molar-refractivity contribution < 1.29 is 14.2 Å². The Hall–Kier alpha value is -1.30. The number of hydrogen-bond acceptors (Lipinski definition) is 5. The summed E-state index contributed by atoms with van der Waals surface area (Å²) >= 11 is 0. The van der Waals surface area contributed by atoms with Gasteiger partial charge in [0.05, 0.1) is 25.9 Å². The Balaban J connectivity index is 1.48. The van der Waals surface area contributed by atoms with Crippen molar-refractivity contribution in [2.45, 2.75) is 52.3 Å². The summed E-state index contributed by atoms with van der Waals surface area (Å²) in [6, 6.07) is 7.05. The molecule has 1 saturated heterocycles. The maximum Gasteiger partial charge on any atom is 0.161 e. The second kappa shape index (κ2) is 9.58. The van der Waals surface area contributed by atoms with Crippen LogP contribution < -0.4 is 14.8 Å². The Kier molecular flexibility index (Phi) is 7.17. The zero-order valence-corrected chi connectivity index (χ0v) is 16.5. The lowest BCUT2D eigenvalue weighted by molar-refractivity contribution is -0.0301. The van der Waals surface area contributed by atoms with Gasteiger partial charge in [0.1, 0.15) is 0 Å². The highest BCUT2D eigenvalue weighted by atomic mass is 16.5. The maximum absolute atomic E-state index is 5.91. The van der Waals surface area contributed by atoms with Gasteiger partial charge in [-0.2, -0.15) is 0 Å². The molecule has 26 heavy (non-hydrogen) atoms. The number of morpholine rings is 1. The van der Waals surface area contributed by atoms with E-state index in [9.17, 15) is 0 Å². The summed E-state index contributed by atoms with van der Waals surface area (Å²) in [7, 11) is 0. The van der Waals surface area contributed by atoms with E-state index < -0.39 is 0 Å². The Morgan fingerprint density at radius 1 is 1.23 bits per heavy atom. The number of benzene rings is 1. The predicted molar refractivity (Wildman–Crippen MR) is 104 cm³/mol. The van der Waals surface area contributed by atoms with Crippen LogP contribution in [-0.2, 0) is 11.3 Å². The molecule has 0 radical (unpaired) electrons. The monoisotopic (exact) mass is 362 g/mol. The summed E-state index contributed by atoms with van der Waals surface area (Å²) in [6.07, 6.45) is 3.03. The van der Waals surface area contributed by atoms with Crippen LogP contribution in [0.15, 0.2) is 18.2 Å². The van der Waals surface area contributed by atoms with E-state index in [1.807, 2.05) is 13.0 Å². The first-order valence-electron chi connectivity index (χ1n) is 10.1. The molecule has 146 valence electrons. The SMILES string of the molecule is CCOc1cc(CNCC2CN(C3CC3)CCO2)ccc1OCC(C)C. The fourth-order valence-corrected chi connectivity index (χ4v) is 3.32. The Labute approximate surface area is 158 Å². The summed E-state index contributed by atoms with van der Waals surface area (Å²) in [5.74, 6) is 2.16. The largest absolute Gasteiger partial charge is 0.490 e. The molecule has 1 atom stereocenters. The van der Waals surface area contributed by atoms with Crippen LogP contribution in [-0.4, -0.2) is 56.5 Å². The number of hydrogen-bond donors (Lipinski definition) is 1. The van der Waals surface area contributed by atoms with E-state index in [2.05, 4.69) is 36.2 Å². The van der Waals surface area contributed by atoms with Gasteiger partial charge in [0.25, 0.3) is 0 Å². The van der Waals surface area contributed by atoms with Crippen LogP contribution in [0.3, 0.4) is 0 Å². The molecule has 2 aliphatic rings. The van der Waals surface area contributed by atoms with Crippen LogP contribution in [0.2, 0.25) is 0 Å². The van der Waals surface area contributed by atoms with Gasteiger partial charge in [0, 0.05) is 32.2 Å². The highest BCUT2D eigenvalue weighted by Crippen LogP contribution is 2.29. The quantitative estimate of drug-likeness (QED) is 0.693. The molecule has 1 aliphatic carbocycles. The van der Waals surface area contributed by atoms with E-state index in [4.69, 9.17) is 14.2 Å². The van der Waals surface area contributed by atoms with Crippen molar-refractivity contribution in [3.63, 3.8) is 0 Å². The van der Waals surface area contributed by atoms with Crippen LogP contribution >= 0.6 is 0 Å². The molecule has 0 bridgehead atoms. The van der Waals surface area contributed by atoms with Gasteiger partial charge in [-0.1, -0.05) is 19.9 Å². The first-order chi connectivity index (χ1) is 12.7. The first kappa shape index (κ1) is 19.5. The third-order valence-corrected chi connectivity index (χ3v) is 4.81. The van der Waals surface area contributed by atoms with Crippen molar-refractivity contribution in [3.8, 4) is 11.5 Å². The fraction of sp³-hybridized carbons (Fsp3) is 0.714. The van der Waals surface area contributed by atoms with Crippen molar-refractivity contribution in [1.29, 1.82) is 0 Å². The standard InChI is InChI=1S/C21H34N2O3/c1-4-24-21-11-17(5-8-20(21)26-15-16(2)3)12-22-13-19-14-23(9-10-25-19)18-6-7-18/h5,8,11,16,18-19,22H,4,6-7,9-10,12-15H2,1-3H3. The lowest BCUT2D eigenvalue weighted by Crippen LogP contribution is -2.47. The van der Waals surface area contributed by atoms with Crippen molar-refractivity contribution in [1.82, 2.24) is 10.2 Å². The van der Waals surface area contributed by atoms with Gasteiger partial charge in [-0.3, -0.25) is 4.90 Å². The molecule has 1 N–H and O–H groups in total. The van der Waals surface area contributed by atoms with Crippen LogP contribution in [0.5, 0.6) is 11.5 Å². The number of nitrogens with zero attached hydrogens (tertiary/aromatic N) is 1. The summed E-state index contributed by atoms with van der Waals surface area (Å²) in [5, 5.41) is 3.54. The fourth-order valence-electron chi connectivity index (χ4n) is 3.32. The van der Waals surface area contributed by atoms with Gasteiger partial charge in [-0.05, 0) is 43.4 Å². The van der Waals surface area contributed by atoms with E-state index >= 15 is 0 Å². The molecule has 5 heteroatoms. The molecular weight excluding hydrogens is 328 g/mol. The first-order valence-corrected chi connectivity index (χ1v) is 10.1. The average molecular weight is 363 g/mol. The summed E-state index contributed by atoms with van der Waals surface area (Å²) in [4.78, 5) is 2.59. The minimum atomic E-state index is 0.296. The normalized spacial score (nSPS) is 21.2. The van der Waals surface area contributed by atoms with E-state index in [0.29, 0.717) is 25.2 Å². The Morgan fingerprint density at radius 2 is 2.08 bits per heavy atom. The molecule has 1 saturated carbocycles. The molecule has 0 amide bonds. The number of rotatable bonds is 10. The van der Waals surface area contributed by atoms with Crippen molar-refractivity contribution in [2.24, 2.45) is 5.92 Å². The van der Waals surface area contributed by atoms with E-state index in [0.717, 1.165) is 50.3 Å². The van der Waals surface area contributed by atoms with E-state index in [1.54, 1.807) is 0 Å². The molecule has 1 aromatic carbocycles. The third-order valence-electron chi connectivity index (χ3n) is 4.81. The molecule has 3 rings (SSSR count). The number of ether oxygens (including phenoxy) is 3. The van der Waals surface area contributed by atoms with Gasteiger partial charge in [-0.25, -0.2) is 0 Å². The minimum absolute atomic E-state index is 0.296. The lowest BCUT2D eigenvalue weighted by atomic mass is 10.2. The van der Waals surface area contributed by atoms with Crippen molar-refractivity contribution in [3.05, 3.63) is 23.8 Å². The van der Waals surface area contributed by atoms with E-state index in [1.165, 1.54) is 18.4 Å². The van der Waals surface area contributed by atoms with Crippen LogP contribution in [0.4, 0.5) is 0 Å². The third kappa shape index (κ3) is 5.86. The molecule has 1 aliphatic heterocycles. The number of nitrogens with one attached hydrogen (secondary N) is 1. The van der Waals surface area contributed by atoms with Gasteiger partial charge in [-0.15, -0.1) is 0 Å². The smallest absolute Gasteiger partial charge is 0.161 e. The maximum atomic E-state index is 5.91. The van der Waals surface area contributed by atoms with Crippen LogP contribution in [0, 0.1) is 5.92 Å². The average Bonchev–Trinajstić information content (AvgIpc) is 3.47. The molecule has 2 fully saturated rings. The summed E-state index contributed by atoms with van der Waals surface area (Å²) < 4.78 is 17.6. The van der Waals surface area contributed by atoms with E-state index in [-0.39, 0.29) is 0 Å². The van der Waals surface area contributed by atoms with Gasteiger partial charge in [0.15, 0.2) is 11.5 Å². The second-order valence-corrected chi connectivity index (χ2v) is 7.77. The zero-order chi connectivity index (χ0) is 18.4. The van der Waals surface area contributed by atoms with Crippen LogP contribution in [0.25, 0.3) is 0 Å². The van der Waals surface area contributed by atoms with Gasteiger partial charge in [0.2, 0.25) is 0 Å².